The lowest BCUT2D eigenvalue weighted by Crippen LogP contribution is -2.43. The third-order valence-electron chi connectivity index (χ3n) is 4.14. The van der Waals surface area contributed by atoms with E-state index >= 15 is 0 Å². The molecule has 0 radical (unpaired) electrons. The first-order chi connectivity index (χ1) is 8.90. The Morgan fingerprint density at radius 1 is 1.16 bits per heavy atom. The number of hydrogen-bond donors (Lipinski definition) is 1. The van der Waals surface area contributed by atoms with Crippen LogP contribution in [-0.4, -0.2) is 14.5 Å². The van der Waals surface area contributed by atoms with Gasteiger partial charge in [-0.1, -0.05) is 42.6 Å². The van der Waals surface area contributed by atoms with Crippen molar-refractivity contribution in [2.75, 3.05) is 0 Å². The van der Waals surface area contributed by atoms with Crippen molar-refractivity contribution in [1.29, 1.82) is 0 Å². The highest BCUT2D eigenvalue weighted by Gasteiger charge is 2.30. The van der Waals surface area contributed by atoms with Gasteiger partial charge in [0.2, 0.25) is 10.0 Å². The van der Waals surface area contributed by atoms with E-state index in [1.807, 2.05) is 0 Å². The quantitative estimate of drug-likeness (QED) is 0.910. The van der Waals surface area contributed by atoms with Crippen molar-refractivity contribution in [3.05, 3.63) is 28.7 Å². The minimum absolute atomic E-state index is 0.0531. The van der Waals surface area contributed by atoms with Crippen LogP contribution in [0.4, 0.5) is 0 Å². The van der Waals surface area contributed by atoms with Crippen molar-refractivity contribution in [3.8, 4) is 0 Å². The first-order valence-corrected chi connectivity index (χ1v) is 8.95. The second-order valence-corrected chi connectivity index (χ2v) is 8.08. The summed E-state index contributed by atoms with van der Waals surface area (Å²) in [4.78, 5) is 0.334. The van der Waals surface area contributed by atoms with Crippen LogP contribution >= 0.6 is 15.9 Å². The second kappa shape index (κ2) is 5.94. The maximum Gasteiger partial charge on any atom is 0.240 e. The predicted molar refractivity (Wildman–Crippen MR) is 80.4 cm³/mol. The molecule has 5 heteroatoms. The Bertz CT molecular complexity index is 527. The molecule has 0 aliphatic heterocycles. The van der Waals surface area contributed by atoms with E-state index < -0.39 is 10.0 Å². The summed E-state index contributed by atoms with van der Waals surface area (Å²) in [5.74, 6) is 0.963. The van der Waals surface area contributed by atoms with Crippen LogP contribution in [0.15, 0.2) is 33.6 Å². The van der Waals surface area contributed by atoms with Crippen LogP contribution in [0.25, 0.3) is 0 Å². The van der Waals surface area contributed by atoms with Gasteiger partial charge in [-0.25, -0.2) is 13.1 Å². The van der Waals surface area contributed by atoms with Crippen LogP contribution < -0.4 is 4.72 Å². The average Bonchev–Trinajstić information content (AvgIpc) is 2.35. The van der Waals surface area contributed by atoms with E-state index in [0.717, 1.165) is 17.3 Å². The lowest BCUT2D eigenvalue weighted by molar-refractivity contribution is 0.227. The van der Waals surface area contributed by atoms with Gasteiger partial charge in [0.15, 0.2) is 0 Å². The molecule has 1 fully saturated rings. The summed E-state index contributed by atoms with van der Waals surface area (Å²) in [6, 6.07) is 6.81. The minimum atomic E-state index is -3.40. The Hall–Kier alpha value is -0.390. The molecule has 0 amide bonds. The van der Waals surface area contributed by atoms with Crippen LogP contribution in [0.5, 0.6) is 0 Å². The summed E-state index contributed by atoms with van der Waals surface area (Å²) in [5.41, 5.74) is 0. The molecule has 0 unspecified atom stereocenters. The van der Waals surface area contributed by atoms with E-state index in [1.54, 1.807) is 24.3 Å². The van der Waals surface area contributed by atoms with E-state index in [1.165, 1.54) is 6.42 Å². The molecule has 19 heavy (non-hydrogen) atoms. The van der Waals surface area contributed by atoms with Crippen LogP contribution in [-0.2, 0) is 10.0 Å². The summed E-state index contributed by atoms with van der Waals surface area (Å²) < 4.78 is 28.4. The van der Waals surface area contributed by atoms with Crippen LogP contribution in [0, 0.1) is 11.8 Å². The fourth-order valence-electron chi connectivity index (χ4n) is 2.63. The van der Waals surface area contributed by atoms with Crippen molar-refractivity contribution in [3.63, 3.8) is 0 Å². The Balaban J connectivity index is 2.15. The zero-order chi connectivity index (χ0) is 14.0. The van der Waals surface area contributed by atoms with Gasteiger partial charge >= 0.3 is 0 Å². The molecule has 0 saturated heterocycles. The monoisotopic (exact) mass is 345 g/mol. The number of nitrogens with one attached hydrogen (secondary N) is 1. The van der Waals surface area contributed by atoms with E-state index in [9.17, 15) is 8.42 Å². The Morgan fingerprint density at radius 2 is 1.79 bits per heavy atom. The summed E-state index contributed by atoms with van der Waals surface area (Å²) >= 11 is 3.31. The van der Waals surface area contributed by atoms with E-state index in [0.29, 0.717) is 16.7 Å². The average molecular weight is 346 g/mol. The molecule has 1 aromatic carbocycles. The highest BCUT2D eigenvalue weighted by Crippen LogP contribution is 2.30. The topological polar surface area (TPSA) is 46.2 Å². The Labute approximate surface area is 124 Å². The maximum absolute atomic E-state index is 12.3. The number of rotatable bonds is 3. The van der Waals surface area contributed by atoms with Gasteiger partial charge in [0.05, 0.1) is 4.90 Å². The highest BCUT2D eigenvalue weighted by atomic mass is 79.9. The van der Waals surface area contributed by atoms with Gasteiger partial charge in [-0.05, 0) is 42.5 Å². The zero-order valence-corrected chi connectivity index (χ0v) is 13.7. The third-order valence-corrected chi connectivity index (χ3v) is 6.17. The standard InChI is InChI=1S/C14H20BrNO2S/c1-10-4-3-5-14(11(10)2)16-19(17,18)13-8-6-12(15)7-9-13/h6-11,14,16H,3-5H2,1-2H3/t10-,11-,14-/m1/s1. The first kappa shape index (κ1) is 15.0. The first-order valence-electron chi connectivity index (χ1n) is 6.68. The molecule has 1 saturated carbocycles. The molecule has 106 valence electrons. The van der Waals surface area contributed by atoms with Gasteiger partial charge in [0.1, 0.15) is 0 Å². The molecule has 1 aliphatic carbocycles. The minimum Gasteiger partial charge on any atom is -0.208 e. The number of hydrogen-bond acceptors (Lipinski definition) is 2. The number of sulfonamides is 1. The highest BCUT2D eigenvalue weighted by molar-refractivity contribution is 9.10. The van der Waals surface area contributed by atoms with Crippen LogP contribution in [0.2, 0.25) is 0 Å². The maximum atomic E-state index is 12.3. The predicted octanol–water partition coefficient (Wildman–Crippen LogP) is 3.55. The van der Waals surface area contributed by atoms with Gasteiger partial charge in [0, 0.05) is 10.5 Å². The van der Waals surface area contributed by atoms with E-state index in [4.69, 9.17) is 0 Å². The second-order valence-electron chi connectivity index (χ2n) is 5.45. The molecule has 0 aromatic heterocycles. The summed E-state index contributed by atoms with van der Waals surface area (Å²) in [7, 11) is -3.40. The van der Waals surface area contributed by atoms with Gasteiger partial charge in [0.25, 0.3) is 0 Å². The fraction of sp³-hybridized carbons (Fsp3) is 0.571. The fourth-order valence-corrected chi connectivity index (χ4v) is 4.26. The molecule has 3 nitrogen and oxygen atoms in total. The van der Waals surface area contributed by atoms with E-state index in [-0.39, 0.29) is 6.04 Å². The lowest BCUT2D eigenvalue weighted by Gasteiger charge is -2.34. The molecule has 3 atom stereocenters. The molecule has 1 N–H and O–H groups in total. The Morgan fingerprint density at radius 3 is 2.42 bits per heavy atom. The van der Waals surface area contributed by atoms with Gasteiger partial charge < -0.3 is 0 Å². The smallest absolute Gasteiger partial charge is 0.208 e. The summed E-state index contributed by atoms with van der Waals surface area (Å²) in [5, 5.41) is 0. The summed E-state index contributed by atoms with van der Waals surface area (Å²) in [6.45, 7) is 4.34. The molecule has 0 heterocycles. The molecule has 0 bridgehead atoms. The van der Waals surface area contributed by atoms with E-state index in [2.05, 4.69) is 34.5 Å². The molecule has 2 rings (SSSR count). The molecular formula is C14H20BrNO2S. The van der Waals surface area contributed by atoms with Gasteiger partial charge in [-0.15, -0.1) is 0 Å². The lowest BCUT2D eigenvalue weighted by atomic mass is 9.78. The van der Waals surface area contributed by atoms with Crippen molar-refractivity contribution in [1.82, 2.24) is 4.72 Å². The van der Waals surface area contributed by atoms with Crippen molar-refractivity contribution in [2.24, 2.45) is 11.8 Å². The molecular weight excluding hydrogens is 326 g/mol. The van der Waals surface area contributed by atoms with Gasteiger partial charge in [-0.2, -0.15) is 0 Å². The Kier molecular flexibility index (Phi) is 4.69. The zero-order valence-electron chi connectivity index (χ0n) is 11.3. The molecule has 1 aromatic rings. The number of benzene rings is 1. The van der Waals surface area contributed by atoms with Crippen LogP contribution in [0.3, 0.4) is 0 Å². The normalized spacial score (nSPS) is 28.3. The van der Waals surface area contributed by atoms with Crippen molar-refractivity contribution in [2.45, 2.75) is 44.0 Å². The van der Waals surface area contributed by atoms with Crippen LogP contribution in [0.1, 0.15) is 33.1 Å². The van der Waals surface area contributed by atoms with Crippen molar-refractivity contribution >= 4 is 26.0 Å². The largest absolute Gasteiger partial charge is 0.240 e. The molecule has 0 spiro atoms. The molecule has 1 aliphatic rings. The number of halogens is 1. The summed E-state index contributed by atoms with van der Waals surface area (Å²) in [6.07, 6.45) is 3.22. The van der Waals surface area contributed by atoms with Crippen molar-refractivity contribution < 1.29 is 8.42 Å². The SMILES string of the molecule is C[C@@H]1[C@H](C)CCC[C@H]1NS(=O)(=O)c1ccc(Br)cc1. The van der Waals surface area contributed by atoms with Gasteiger partial charge in [-0.3, -0.25) is 0 Å². The third kappa shape index (κ3) is 3.58.